The third-order valence-electron chi connectivity index (χ3n) is 3.50. The molecule has 7 heteroatoms. The van der Waals surface area contributed by atoms with Gasteiger partial charge in [-0.15, -0.1) is 16.9 Å². The van der Waals surface area contributed by atoms with Gasteiger partial charge in [0.25, 0.3) is 0 Å². The van der Waals surface area contributed by atoms with E-state index < -0.39 is 0 Å². The summed E-state index contributed by atoms with van der Waals surface area (Å²) < 4.78 is 2.60. The molecule has 2 heterocycles. The number of carbonyl (C=O) groups excluding carboxylic acids is 1. The second-order valence-electron chi connectivity index (χ2n) is 5.38. The normalized spacial score (nSPS) is 10.9. The Balaban J connectivity index is 1.49. The van der Waals surface area contributed by atoms with E-state index in [0.717, 1.165) is 5.75 Å². The van der Waals surface area contributed by atoms with Gasteiger partial charge >= 0.3 is 5.69 Å². The third kappa shape index (κ3) is 3.86. The summed E-state index contributed by atoms with van der Waals surface area (Å²) in [6.45, 7) is 2.52. The van der Waals surface area contributed by atoms with E-state index in [4.69, 9.17) is 0 Å². The van der Waals surface area contributed by atoms with E-state index in [0.29, 0.717) is 12.2 Å². The van der Waals surface area contributed by atoms with Crippen molar-refractivity contribution in [2.24, 2.45) is 0 Å². The molecule has 2 aromatic heterocycles. The molecule has 1 amide bonds. The van der Waals surface area contributed by atoms with Gasteiger partial charge in [-0.05, 0) is 31.2 Å². The van der Waals surface area contributed by atoms with Crippen molar-refractivity contribution in [3.8, 4) is 0 Å². The number of aromatic nitrogens is 3. The molecule has 0 bridgehead atoms. The number of thioether (sulfide) groups is 1. The maximum absolute atomic E-state index is 12.1. The first-order chi connectivity index (χ1) is 11.6. The highest BCUT2D eigenvalue weighted by Gasteiger charge is 2.09. The molecule has 124 valence electrons. The largest absolute Gasteiger partial charge is 0.354 e. The van der Waals surface area contributed by atoms with E-state index in [1.807, 2.05) is 0 Å². The van der Waals surface area contributed by atoms with Crippen molar-refractivity contribution in [2.75, 3.05) is 12.3 Å². The number of aryl methyl sites for hydroxylation is 1. The molecule has 6 nitrogen and oxygen atoms in total. The summed E-state index contributed by atoms with van der Waals surface area (Å²) in [6, 6.07) is 13.6. The first-order valence-corrected chi connectivity index (χ1v) is 8.62. The monoisotopic (exact) mass is 342 g/mol. The Morgan fingerprint density at radius 2 is 2.00 bits per heavy atom. The fourth-order valence-corrected chi connectivity index (χ4v) is 3.03. The van der Waals surface area contributed by atoms with E-state index in [9.17, 15) is 9.59 Å². The van der Waals surface area contributed by atoms with Crippen LogP contribution in [-0.2, 0) is 11.3 Å². The SMILES string of the molecule is Cc1ccc(SCCNC(=O)Cn2nc3ccccn3c2=O)cc1. The molecule has 0 atom stereocenters. The van der Waals surface area contributed by atoms with Crippen LogP contribution in [0.1, 0.15) is 5.56 Å². The first-order valence-electron chi connectivity index (χ1n) is 7.64. The van der Waals surface area contributed by atoms with Crippen molar-refractivity contribution in [1.82, 2.24) is 19.5 Å². The Hall–Kier alpha value is -2.54. The predicted molar refractivity (Wildman–Crippen MR) is 94.4 cm³/mol. The average molecular weight is 342 g/mol. The number of rotatable bonds is 6. The molecule has 1 aromatic carbocycles. The van der Waals surface area contributed by atoms with E-state index in [1.54, 1.807) is 36.2 Å². The minimum atomic E-state index is -0.310. The molecule has 3 aromatic rings. The van der Waals surface area contributed by atoms with Gasteiger partial charge in [0.15, 0.2) is 5.65 Å². The van der Waals surface area contributed by atoms with Gasteiger partial charge in [0.2, 0.25) is 5.91 Å². The van der Waals surface area contributed by atoms with Crippen LogP contribution in [0, 0.1) is 6.92 Å². The fourth-order valence-electron chi connectivity index (χ4n) is 2.26. The van der Waals surface area contributed by atoms with Crippen LogP contribution in [0.5, 0.6) is 0 Å². The van der Waals surface area contributed by atoms with E-state index >= 15 is 0 Å². The minimum absolute atomic E-state index is 0.0737. The van der Waals surface area contributed by atoms with Gasteiger partial charge in [0, 0.05) is 23.4 Å². The first kappa shape index (κ1) is 16.3. The zero-order chi connectivity index (χ0) is 16.9. The highest BCUT2D eigenvalue weighted by molar-refractivity contribution is 7.99. The predicted octanol–water partition coefficient (Wildman–Crippen LogP) is 1.71. The van der Waals surface area contributed by atoms with Crippen LogP contribution in [0.3, 0.4) is 0 Å². The second kappa shape index (κ2) is 7.35. The fraction of sp³-hybridized carbons (Fsp3) is 0.235. The van der Waals surface area contributed by atoms with Crippen molar-refractivity contribution >= 4 is 23.3 Å². The number of carbonyl (C=O) groups is 1. The Bertz CT molecular complexity index is 899. The lowest BCUT2D eigenvalue weighted by Crippen LogP contribution is -2.33. The minimum Gasteiger partial charge on any atom is -0.354 e. The molecule has 0 aliphatic heterocycles. The molecular weight excluding hydrogens is 324 g/mol. The summed E-state index contributed by atoms with van der Waals surface area (Å²) in [7, 11) is 0. The van der Waals surface area contributed by atoms with E-state index in [-0.39, 0.29) is 18.1 Å². The van der Waals surface area contributed by atoms with Crippen molar-refractivity contribution in [3.05, 3.63) is 64.7 Å². The molecule has 24 heavy (non-hydrogen) atoms. The van der Waals surface area contributed by atoms with Crippen LogP contribution in [0.15, 0.2) is 58.4 Å². The number of pyridine rings is 1. The van der Waals surface area contributed by atoms with Crippen LogP contribution in [0.4, 0.5) is 0 Å². The highest BCUT2D eigenvalue weighted by Crippen LogP contribution is 2.17. The molecular formula is C17H18N4O2S. The lowest BCUT2D eigenvalue weighted by Gasteiger charge is -2.05. The maximum atomic E-state index is 12.1. The molecule has 0 saturated heterocycles. The number of hydrogen-bond acceptors (Lipinski definition) is 4. The highest BCUT2D eigenvalue weighted by atomic mass is 32.2. The Labute approximate surface area is 143 Å². The summed E-state index contributed by atoms with van der Waals surface area (Å²) in [4.78, 5) is 25.2. The molecule has 0 saturated carbocycles. The summed E-state index contributed by atoms with van der Waals surface area (Å²) >= 11 is 1.68. The molecule has 0 fully saturated rings. The molecule has 1 N–H and O–H groups in total. The van der Waals surface area contributed by atoms with Crippen LogP contribution in [0.2, 0.25) is 0 Å². The van der Waals surface area contributed by atoms with Gasteiger partial charge < -0.3 is 5.32 Å². The van der Waals surface area contributed by atoms with Crippen LogP contribution in [0.25, 0.3) is 5.65 Å². The summed E-state index contributed by atoms with van der Waals surface area (Å²) in [5.74, 6) is 0.555. The Morgan fingerprint density at radius 3 is 2.75 bits per heavy atom. The topological polar surface area (TPSA) is 68.4 Å². The van der Waals surface area contributed by atoms with Crippen LogP contribution >= 0.6 is 11.8 Å². The van der Waals surface area contributed by atoms with Crippen LogP contribution < -0.4 is 11.0 Å². The summed E-state index contributed by atoms with van der Waals surface area (Å²) in [5, 5.41) is 6.95. The molecule has 0 unspecified atom stereocenters. The maximum Gasteiger partial charge on any atom is 0.350 e. The third-order valence-corrected chi connectivity index (χ3v) is 4.51. The van der Waals surface area contributed by atoms with Crippen molar-refractivity contribution in [1.29, 1.82) is 0 Å². The van der Waals surface area contributed by atoms with Crippen molar-refractivity contribution in [3.63, 3.8) is 0 Å². The van der Waals surface area contributed by atoms with Gasteiger partial charge in [-0.3, -0.25) is 9.20 Å². The second-order valence-corrected chi connectivity index (χ2v) is 6.55. The van der Waals surface area contributed by atoms with Gasteiger partial charge in [-0.2, -0.15) is 0 Å². The number of amides is 1. The zero-order valence-corrected chi connectivity index (χ0v) is 14.1. The number of hydrogen-bond donors (Lipinski definition) is 1. The average Bonchev–Trinajstić information content (AvgIpc) is 2.90. The van der Waals surface area contributed by atoms with Crippen LogP contribution in [-0.4, -0.2) is 32.4 Å². The van der Waals surface area contributed by atoms with Gasteiger partial charge in [0.1, 0.15) is 6.54 Å². The molecule has 0 aliphatic carbocycles. The zero-order valence-electron chi connectivity index (χ0n) is 13.3. The summed E-state index contributed by atoms with van der Waals surface area (Å²) in [6.07, 6.45) is 1.64. The van der Waals surface area contributed by atoms with Gasteiger partial charge in [-0.25, -0.2) is 9.48 Å². The molecule has 0 radical (unpaired) electrons. The molecule has 0 aliphatic rings. The number of nitrogens with zero attached hydrogens (tertiary/aromatic N) is 3. The lowest BCUT2D eigenvalue weighted by atomic mass is 10.2. The van der Waals surface area contributed by atoms with Crippen molar-refractivity contribution < 1.29 is 4.79 Å². The van der Waals surface area contributed by atoms with E-state index in [2.05, 4.69) is 41.6 Å². The number of nitrogens with one attached hydrogen (secondary N) is 1. The van der Waals surface area contributed by atoms with E-state index in [1.165, 1.54) is 19.5 Å². The number of benzene rings is 1. The van der Waals surface area contributed by atoms with Crippen molar-refractivity contribution in [2.45, 2.75) is 18.4 Å². The Morgan fingerprint density at radius 1 is 1.21 bits per heavy atom. The summed E-state index contributed by atoms with van der Waals surface area (Å²) in [5.41, 5.74) is 1.45. The number of fused-ring (bicyclic) bond motifs is 1. The van der Waals surface area contributed by atoms with Gasteiger partial charge in [-0.1, -0.05) is 23.8 Å². The van der Waals surface area contributed by atoms with Gasteiger partial charge in [0.05, 0.1) is 0 Å². The molecule has 3 rings (SSSR count). The standard InChI is InChI=1S/C17H18N4O2S/c1-13-5-7-14(8-6-13)24-11-9-18-16(22)12-21-17(23)20-10-3-2-4-15(20)19-21/h2-8,10H,9,11-12H2,1H3,(H,18,22). The molecule has 0 spiro atoms. The lowest BCUT2D eigenvalue weighted by molar-refractivity contribution is -0.121. The quantitative estimate of drug-likeness (QED) is 0.547. The Kier molecular flexibility index (Phi) is 5.00. The smallest absolute Gasteiger partial charge is 0.350 e.